The second kappa shape index (κ2) is 5.00. The molecule has 106 valence electrons. The number of hydrogen-bond acceptors (Lipinski definition) is 4. The van der Waals surface area contributed by atoms with Crippen LogP contribution in [0.3, 0.4) is 0 Å². The van der Waals surface area contributed by atoms with E-state index in [1.807, 2.05) is 19.9 Å². The Morgan fingerprint density at radius 2 is 1.95 bits per heavy atom. The fraction of sp³-hybridized carbons (Fsp3) is 0.333. The minimum absolute atomic E-state index is 0.0353. The van der Waals surface area contributed by atoms with E-state index >= 15 is 0 Å². The highest BCUT2D eigenvalue weighted by Crippen LogP contribution is 2.37. The van der Waals surface area contributed by atoms with Crippen LogP contribution in [0.5, 0.6) is 5.75 Å². The number of furan rings is 1. The summed E-state index contributed by atoms with van der Waals surface area (Å²) in [5.74, 6) is 0.649. The van der Waals surface area contributed by atoms with Gasteiger partial charge in [-0.15, -0.1) is 0 Å². The van der Waals surface area contributed by atoms with Gasteiger partial charge in [-0.05, 0) is 26.0 Å². The molecule has 0 saturated carbocycles. The molecular formula is C15H18N2O3. The molecule has 0 aliphatic heterocycles. The molecule has 1 amide bonds. The molecule has 5 heteroatoms. The summed E-state index contributed by atoms with van der Waals surface area (Å²) >= 11 is 0. The highest BCUT2D eigenvalue weighted by atomic mass is 16.3. The van der Waals surface area contributed by atoms with Crippen molar-refractivity contribution >= 4 is 5.91 Å². The van der Waals surface area contributed by atoms with E-state index in [2.05, 4.69) is 4.98 Å². The molecule has 3 N–H and O–H groups in total. The third-order valence-corrected chi connectivity index (χ3v) is 3.22. The van der Waals surface area contributed by atoms with Crippen molar-refractivity contribution in [2.75, 3.05) is 0 Å². The Labute approximate surface area is 117 Å². The van der Waals surface area contributed by atoms with Crippen LogP contribution in [0.15, 0.2) is 16.5 Å². The number of hydrogen-bond donors (Lipinski definition) is 2. The van der Waals surface area contributed by atoms with E-state index in [0.29, 0.717) is 22.7 Å². The first-order valence-corrected chi connectivity index (χ1v) is 6.43. The zero-order chi connectivity index (χ0) is 15.0. The molecule has 0 saturated heterocycles. The molecule has 5 nitrogen and oxygen atoms in total. The van der Waals surface area contributed by atoms with Crippen molar-refractivity contribution in [2.45, 2.75) is 33.6 Å². The second-order valence-corrected chi connectivity index (χ2v) is 5.10. The van der Waals surface area contributed by atoms with Gasteiger partial charge in [0.1, 0.15) is 22.8 Å². The largest absolute Gasteiger partial charge is 0.506 e. The molecule has 2 rings (SSSR count). The number of carbonyl (C=O) groups is 1. The summed E-state index contributed by atoms with van der Waals surface area (Å²) in [6.45, 7) is 7.41. The molecule has 0 bridgehead atoms. The number of aryl methyl sites for hydroxylation is 2. The van der Waals surface area contributed by atoms with Crippen LogP contribution in [0.4, 0.5) is 0 Å². The maximum Gasteiger partial charge on any atom is 0.254 e. The lowest BCUT2D eigenvalue weighted by Gasteiger charge is -2.11. The van der Waals surface area contributed by atoms with Gasteiger partial charge in [-0.3, -0.25) is 9.78 Å². The molecule has 0 aliphatic rings. The number of amides is 1. The quantitative estimate of drug-likeness (QED) is 0.900. The summed E-state index contributed by atoms with van der Waals surface area (Å²) in [5, 5.41) is 10.3. The first kappa shape index (κ1) is 14.1. The molecule has 0 spiro atoms. The topological polar surface area (TPSA) is 89.3 Å². The van der Waals surface area contributed by atoms with E-state index in [0.717, 1.165) is 5.76 Å². The molecule has 0 atom stereocenters. The summed E-state index contributed by atoms with van der Waals surface area (Å²) in [6, 6.07) is 3.61. The van der Waals surface area contributed by atoms with Crippen LogP contribution in [0.2, 0.25) is 0 Å². The number of aromatic nitrogens is 1. The molecule has 2 aromatic rings. The number of primary amides is 1. The molecule has 2 heterocycles. The molecule has 0 aromatic carbocycles. The standard InChI is InChI=1S/C15H18N2O3/c1-7(2)10-5-6-11(20-10)12-8(3)17-9(4)13(14(12)18)15(16)19/h5-7H,1-4H3,(H2,16,19)(H,17,18). The predicted octanol–water partition coefficient (Wildman–Crippen LogP) is 2.89. The van der Waals surface area contributed by atoms with E-state index < -0.39 is 5.91 Å². The lowest BCUT2D eigenvalue weighted by molar-refractivity contribution is 0.0997. The summed E-state index contributed by atoms with van der Waals surface area (Å²) in [7, 11) is 0. The van der Waals surface area contributed by atoms with Crippen molar-refractivity contribution in [2.24, 2.45) is 5.73 Å². The zero-order valence-corrected chi connectivity index (χ0v) is 12.0. The summed E-state index contributed by atoms with van der Waals surface area (Å²) in [6.07, 6.45) is 0. The normalized spacial score (nSPS) is 11.1. The minimum Gasteiger partial charge on any atom is -0.506 e. The van der Waals surface area contributed by atoms with Crippen LogP contribution >= 0.6 is 0 Å². The molecule has 2 aromatic heterocycles. The second-order valence-electron chi connectivity index (χ2n) is 5.10. The van der Waals surface area contributed by atoms with Gasteiger partial charge in [-0.1, -0.05) is 13.8 Å². The Balaban J connectivity index is 2.67. The smallest absolute Gasteiger partial charge is 0.254 e. The van der Waals surface area contributed by atoms with Crippen molar-refractivity contribution in [1.82, 2.24) is 4.98 Å². The van der Waals surface area contributed by atoms with E-state index in [-0.39, 0.29) is 17.2 Å². The number of rotatable bonds is 3. The summed E-state index contributed by atoms with van der Waals surface area (Å²) in [4.78, 5) is 15.7. The fourth-order valence-corrected chi connectivity index (χ4v) is 2.22. The van der Waals surface area contributed by atoms with Crippen molar-refractivity contribution in [3.05, 3.63) is 34.8 Å². The van der Waals surface area contributed by atoms with E-state index in [1.54, 1.807) is 19.9 Å². The minimum atomic E-state index is -0.704. The first-order chi connectivity index (χ1) is 9.32. The summed E-state index contributed by atoms with van der Waals surface area (Å²) in [5.41, 5.74) is 6.75. The van der Waals surface area contributed by atoms with Crippen molar-refractivity contribution in [3.8, 4) is 17.1 Å². The van der Waals surface area contributed by atoms with E-state index in [1.165, 1.54) is 0 Å². The molecule has 0 unspecified atom stereocenters. The van der Waals surface area contributed by atoms with Crippen LogP contribution in [0.1, 0.15) is 47.3 Å². The maximum atomic E-state index is 11.4. The van der Waals surface area contributed by atoms with E-state index in [9.17, 15) is 9.90 Å². The SMILES string of the molecule is Cc1nc(C)c(-c2ccc(C(C)C)o2)c(O)c1C(N)=O. The van der Waals surface area contributed by atoms with Gasteiger partial charge >= 0.3 is 0 Å². The Kier molecular flexibility index (Phi) is 3.53. The average Bonchev–Trinajstić information content (AvgIpc) is 2.76. The molecule has 0 aliphatic carbocycles. The van der Waals surface area contributed by atoms with Gasteiger partial charge < -0.3 is 15.3 Å². The van der Waals surface area contributed by atoms with Crippen molar-refractivity contribution < 1.29 is 14.3 Å². The monoisotopic (exact) mass is 274 g/mol. The van der Waals surface area contributed by atoms with Crippen LogP contribution < -0.4 is 5.73 Å². The molecule has 0 fully saturated rings. The molecule has 0 radical (unpaired) electrons. The van der Waals surface area contributed by atoms with Crippen LogP contribution in [-0.4, -0.2) is 16.0 Å². The lowest BCUT2D eigenvalue weighted by atomic mass is 10.0. The third-order valence-electron chi connectivity index (χ3n) is 3.22. The number of carbonyl (C=O) groups excluding carboxylic acids is 1. The number of aromatic hydroxyl groups is 1. The van der Waals surface area contributed by atoms with Gasteiger partial charge in [-0.2, -0.15) is 0 Å². The number of nitrogens with zero attached hydrogens (tertiary/aromatic N) is 1. The highest BCUT2D eigenvalue weighted by molar-refractivity contribution is 5.99. The first-order valence-electron chi connectivity index (χ1n) is 6.43. The Hall–Kier alpha value is -2.30. The predicted molar refractivity (Wildman–Crippen MR) is 75.7 cm³/mol. The number of pyridine rings is 1. The van der Waals surface area contributed by atoms with Gasteiger partial charge in [0, 0.05) is 5.92 Å². The molecule has 20 heavy (non-hydrogen) atoms. The van der Waals surface area contributed by atoms with Crippen LogP contribution in [0.25, 0.3) is 11.3 Å². The van der Waals surface area contributed by atoms with Gasteiger partial charge in [0.15, 0.2) is 0 Å². The Morgan fingerprint density at radius 1 is 1.30 bits per heavy atom. The van der Waals surface area contributed by atoms with E-state index in [4.69, 9.17) is 10.2 Å². The maximum absolute atomic E-state index is 11.4. The van der Waals surface area contributed by atoms with Crippen LogP contribution in [0, 0.1) is 13.8 Å². The Bertz CT molecular complexity index is 672. The lowest BCUT2D eigenvalue weighted by Crippen LogP contribution is -2.15. The zero-order valence-electron chi connectivity index (χ0n) is 12.0. The van der Waals surface area contributed by atoms with Gasteiger partial charge in [0.25, 0.3) is 5.91 Å². The van der Waals surface area contributed by atoms with Gasteiger partial charge in [0.2, 0.25) is 0 Å². The molecular weight excluding hydrogens is 256 g/mol. The highest BCUT2D eigenvalue weighted by Gasteiger charge is 2.22. The Morgan fingerprint density at radius 3 is 2.45 bits per heavy atom. The van der Waals surface area contributed by atoms with Gasteiger partial charge in [-0.25, -0.2) is 0 Å². The van der Waals surface area contributed by atoms with Gasteiger partial charge in [0.05, 0.1) is 17.0 Å². The summed E-state index contributed by atoms with van der Waals surface area (Å²) < 4.78 is 5.72. The number of nitrogens with two attached hydrogens (primary N) is 1. The average molecular weight is 274 g/mol. The third kappa shape index (κ3) is 2.27. The van der Waals surface area contributed by atoms with Crippen molar-refractivity contribution in [3.63, 3.8) is 0 Å². The van der Waals surface area contributed by atoms with Crippen LogP contribution in [-0.2, 0) is 0 Å². The fourth-order valence-electron chi connectivity index (χ4n) is 2.22. The van der Waals surface area contributed by atoms with Crippen molar-refractivity contribution in [1.29, 1.82) is 0 Å².